The summed E-state index contributed by atoms with van der Waals surface area (Å²) >= 11 is 1.72. The van der Waals surface area contributed by atoms with Crippen LogP contribution in [0.15, 0.2) is 56.9 Å². The van der Waals surface area contributed by atoms with Crippen LogP contribution in [-0.4, -0.2) is 12.3 Å². The summed E-state index contributed by atoms with van der Waals surface area (Å²) in [5, 5.41) is 3.21. The van der Waals surface area contributed by atoms with Gasteiger partial charge in [0.2, 0.25) is 0 Å². The summed E-state index contributed by atoms with van der Waals surface area (Å²) in [6, 6.07) is 12.7. The highest BCUT2D eigenvalue weighted by molar-refractivity contribution is 8.03. The van der Waals surface area contributed by atoms with E-state index in [1.807, 2.05) is 12.3 Å². The second-order valence-electron chi connectivity index (χ2n) is 6.61. The van der Waals surface area contributed by atoms with Crippen LogP contribution < -0.4 is 10.4 Å². The first kappa shape index (κ1) is 16.4. The van der Waals surface area contributed by atoms with Crippen LogP contribution >= 0.6 is 11.8 Å². The van der Waals surface area contributed by atoms with Gasteiger partial charge >= 0.3 is 0 Å². The van der Waals surface area contributed by atoms with Crippen LogP contribution in [0, 0.1) is 6.92 Å². The van der Waals surface area contributed by atoms with Gasteiger partial charge < -0.3 is 4.74 Å². The molecule has 0 aliphatic carbocycles. The Morgan fingerprint density at radius 3 is 2.52 bits per heavy atom. The van der Waals surface area contributed by atoms with Crippen molar-refractivity contribution >= 4 is 31.1 Å². The van der Waals surface area contributed by atoms with Gasteiger partial charge in [0.25, 0.3) is 0 Å². The third kappa shape index (κ3) is 3.22. The van der Waals surface area contributed by atoms with E-state index in [4.69, 9.17) is 4.74 Å². The first-order valence-corrected chi connectivity index (χ1v) is 9.34. The number of nitrogens with zero attached hydrogens (tertiary/aromatic N) is 1. The monoisotopic (exact) mass is 347 g/mol. The molecule has 126 valence electrons. The molecule has 0 saturated heterocycles. The highest BCUT2D eigenvalue weighted by atomic mass is 32.2. The van der Waals surface area contributed by atoms with E-state index in [2.05, 4.69) is 55.4 Å². The number of rotatable bonds is 3. The Balaban J connectivity index is 1.62. The van der Waals surface area contributed by atoms with Gasteiger partial charge in [-0.15, -0.1) is 0 Å². The van der Waals surface area contributed by atoms with Crippen LogP contribution in [0.4, 0.5) is 0 Å². The lowest BCUT2D eigenvalue weighted by atomic mass is 9.92. The van der Waals surface area contributed by atoms with E-state index in [9.17, 15) is 0 Å². The van der Waals surface area contributed by atoms with E-state index >= 15 is 0 Å². The van der Waals surface area contributed by atoms with E-state index < -0.39 is 0 Å². The molecule has 0 aromatic heterocycles. The third-order valence-electron chi connectivity index (χ3n) is 4.86. The Kier molecular flexibility index (Phi) is 4.36. The standard InChI is InChI=1S/C22H21NOS/c1-14-4-8-17(9-5-14)25-22-18(10-11-23-22)21-12-19-15(2)6-7-16(3)20(19)13-24-21/h4-9,11,21H,2-3,10,12-13H2,1H3. The van der Waals surface area contributed by atoms with Crippen molar-refractivity contribution in [3.8, 4) is 0 Å². The number of hydrogen-bond donors (Lipinski definition) is 0. The fourth-order valence-electron chi connectivity index (χ4n) is 3.35. The lowest BCUT2D eigenvalue weighted by Crippen LogP contribution is -2.32. The van der Waals surface area contributed by atoms with E-state index in [0.29, 0.717) is 6.61 Å². The number of aliphatic imine (C=N–C) groups is 1. The van der Waals surface area contributed by atoms with E-state index in [1.54, 1.807) is 11.8 Å². The summed E-state index contributed by atoms with van der Waals surface area (Å²) in [5.74, 6) is 0. The maximum atomic E-state index is 6.19. The molecule has 0 fully saturated rings. The van der Waals surface area contributed by atoms with Crippen molar-refractivity contribution in [3.05, 3.63) is 74.1 Å². The molecular weight excluding hydrogens is 326 g/mol. The van der Waals surface area contributed by atoms with Crippen LogP contribution in [0.5, 0.6) is 0 Å². The van der Waals surface area contributed by atoms with Crippen molar-refractivity contribution in [1.29, 1.82) is 0 Å². The molecule has 0 N–H and O–H groups in total. The van der Waals surface area contributed by atoms with Gasteiger partial charge in [0, 0.05) is 24.0 Å². The van der Waals surface area contributed by atoms with Crippen LogP contribution in [-0.2, 0) is 17.8 Å². The van der Waals surface area contributed by atoms with E-state index in [0.717, 1.165) is 28.3 Å². The van der Waals surface area contributed by atoms with Crippen LogP contribution in [0.2, 0.25) is 0 Å². The zero-order valence-electron chi connectivity index (χ0n) is 14.4. The Bertz CT molecular complexity index is 972. The molecule has 0 spiro atoms. The Morgan fingerprint density at radius 2 is 1.76 bits per heavy atom. The summed E-state index contributed by atoms with van der Waals surface area (Å²) < 4.78 is 6.19. The Hall–Kier alpha value is -2.10. The summed E-state index contributed by atoms with van der Waals surface area (Å²) in [7, 11) is 0. The molecule has 0 bridgehead atoms. The van der Waals surface area contributed by atoms with Crippen molar-refractivity contribution in [1.82, 2.24) is 0 Å². The molecule has 2 aromatic rings. The van der Waals surface area contributed by atoms with Gasteiger partial charge in [-0.1, -0.05) is 54.7 Å². The SMILES string of the molecule is C=c1ccc(=C)c2c1COC(C1=C(Sc3ccc(C)cc3)N=CC1)C2. The second-order valence-corrected chi connectivity index (χ2v) is 7.67. The molecule has 25 heavy (non-hydrogen) atoms. The molecule has 2 nitrogen and oxygen atoms in total. The fraction of sp³-hybridized carbons (Fsp3) is 0.227. The van der Waals surface area contributed by atoms with Gasteiger partial charge in [0.15, 0.2) is 0 Å². The molecule has 2 heterocycles. The summed E-state index contributed by atoms with van der Waals surface area (Å²) in [5.41, 5.74) is 5.05. The molecule has 1 atom stereocenters. The van der Waals surface area contributed by atoms with Crippen molar-refractivity contribution < 1.29 is 4.74 Å². The van der Waals surface area contributed by atoms with Gasteiger partial charge in [0.1, 0.15) is 5.03 Å². The topological polar surface area (TPSA) is 21.6 Å². The molecule has 1 unspecified atom stereocenters. The Morgan fingerprint density at radius 1 is 1.04 bits per heavy atom. The lowest BCUT2D eigenvalue weighted by molar-refractivity contribution is 0.0505. The Labute approximate surface area is 152 Å². The summed E-state index contributed by atoms with van der Waals surface area (Å²) in [6.07, 6.45) is 3.79. The van der Waals surface area contributed by atoms with Crippen LogP contribution in [0.25, 0.3) is 13.2 Å². The van der Waals surface area contributed by atoms with E-state index in [-0.39, 0.29) is 6.10 Å². The quantitative estimate of drug-likeness (QED) is 0.844. The van der Waals surface area contributed by atoms with Gasteiger partial charge in [-0.2, -0.15) is 0 Å². The minimum Gasteiger partial charge on any atom is -0.369 e. The predicted octanol–water partition coefficient (Wildman–Crippen LogP) is 3.74. The van der Waals surface area contributed by atoms with Crippen LogP contribution in [0.3, 0.4) is 0 Å². The zero-order valence-corrected chi connectivity index (χ0v) is 15.2. The van der Waals surface area contributed by atoms with Gasteiger partial charge in [-0.05, 0) is 46.2 Å². The normalized spacial score (nSPS) is 19.3. The molecule has 2 aliphatic heterocycles. The minimum atomic E-state index is 0.0743. The molecule has 4 rings (SSSR count). The van der Waals surface area contributed by atoms with Crippen molar-refractivity contribution in [3.63, 3.8) is 0 Å². The zero-order chi connectivity index (χ0) is 17.4. The smallest absolute Gasteiger partial charge is 0.102 e. The van der Waals surface area contributed by atoms with Gasteiger partial charge in [0.05, 0.1) is 12.7 Å². The molecule has 2 aliphatic rings. The van der Waals surface area contributed by atoms with Gasteiger partial charge in [-0.3, -0.25) is 4.99 Å². The number of fused-ring (bicyclic) bond motifs is 1. The first-order chi connectivity index (χ1) is 12.1. The van der Waals surface area contributed by atoms with Crippen molar-refractivity contribution in [2.75, 3.05) is 0 Å². The average molecular weight is 347 g/mol. The molecule has 0 radical (unpaired) electrons. The second kappa shape index (κ2) is 6.66. The number of thioether (sulfide) groups is 1. The maximum Gasteiger partial charge on any atom is 0.102 e. The number of hydrogen-bond acceptors (Lipinski definition) is 3. The fourth-order valence-corrected chi connectivity index (χ4v) is 4.32. The largest absolute Gasteiger partial charge is 0.369 e. The molecule has 3 heteroatoms. The minimum absolute atomic E-state index is 0.0743. The van der Waals surface area contributed by atoms with Crippen LogP contribution in [0.1, 0.15) is 23.1 Å². The van der Waals surface area contributed by atoms with Crippen molar-refractivity contribution in [2.24, 2.45) is 4.99 Å². The number of aryl methyl sites for hydroxylation is 1. The predicted molar refractivity (Wildman–Crippen MR) is 106 cm³/mol. The molecule has 0 saturated carbocycles. The lowest BCUT2D eigenvalue weighted by Gasteiger charge is -2.27. The third-order valence-corrected chi connectivity index (χ3v) is 5.93. The molecule has 0 amide bonds. The number of ether oxygens (including phenoxy) is 1. The number of benzene rings is 2. The van der Waals surface area contributed by atoms with Gasteiger partial charge in [-0.25, -0.2) is 0 Å². The molecule has 2 aromatic carbocycles. The highest BCUT2D eigenvalue weighted by Gasteiger charge is 2.27. The summed E-state index contributed by atoms with van der Waals surface area (Å²) in [6.45, 7) is 11.0. The summed E-state index contributed by atoms with van der Waals surface area (Å²) in [4.78, 5) is 5.83. The van der Waals surface area contributed by atoms with Crippen molar-refractivity contribution in [2.45, 2.75) is 37.4 Å². The average Bonchev–Trinajstić information content (AvgIpc) is 3.08. The molecular formula is C22H21NOS. The van der Waals surface area contributed by atoms with E-state index in [1.165, 1.54) is 27.2 Å². The maximum absolute atomic E-state index is 6.19. The highest BCUT2D eigenvalue weighted by Crippen LogP contribution is 2.37. The first-order valence-electron chi connectivity index (χ1n) is 8.52.